The molecule has 1 aromatic rings. The molecule has 2 heterocycles. The molecule has 0 fully saturated rings. The van der Waals surface area contributed by atoms with Crippen LogP contribution in [0.5, 0.6) is 0 Å². The first-order valence-electron chi connectivity index (χ1n) is 5.65. The van der Waals surface area contributed by atoms with Crippen molar-refractivity contribution in [1.82, 2.24) is 14.5 Å². The zero-order valence-electron chi connectivity index (χ0n) is 9.73. The molecule has 0 atom stereocenters. The molecule has 0 radical (unpaired) electrons. The van der Waals surface area contributed by atoms with Gasteiger partial charge < -0.3 is 9.67 Å². The SMILES string of the molecule is CCCN1CCn2c(C)nc(C(=O)O)c2C1. The lowest BCUT2D eigenvalue weighted by atomic mass is 10.2. The number of hydrogen-bond acceptors (Lipinski definition) is 3. The number of aromatic nitrogens is 2. The van der Waals surface area contributed by atoms with E-state index < -0.39 is 5.97 Å². The molecule has 0 aliphatic carbocycles. The van der Waals surface area contributed by atoms with Crippen LogP contribution in [0.1, 0.15) is 35.4 Å². The normalized spacial score (nSPS) is 16.1. The van der Waals surface area contributed by atoms with Gasteiger partial charge in [0.05, 0.1) is 5.69 Å². The van der Waals surface area contributed by atoms with Crippen LogP contribution in [0.25, 0.3) is 0 Å². The van der Waals surface area contributed by atoms with Crippen molar-refractivity contribution in [3.05, 3.63) is 17.2 Å². The predicted octanol–water partition coefficient (Wildman–Crippen LogP) is 1.12. The molecule has 5 heteroatoms. The van der Waals surface area contributed by atoms with Crippen LogP contribution in [-0.4, -0.2) is 38.6 Å². The van der Waals surface area contributed by atoms with Gasteiger partial charge in [-0.15, -0.1) is 0 Å². The molecule has 2 rings (SSSR count). The van der Waals surface area contributed by atoms with Crippen molar-refractivity contribution < 1.29 is 9.90 Å². The van der Waals surface area contributed by atoms with E-state index in [9.17, 15) is 4.79 Å². The summed E-state index contributed by atoms with van der Waals surface area (Å²) in [6.45, 7) is 7.55. The molecule has 16 heavy (non-hydrogen) atoms. The minimum absolute atomic E-state index is 0.221. The maximum absolute atomic E-state index is 11.1. The summed E-state index contributed by atoms with van der Waals surface area (Å²) in [5.74, 6) is -0.112. The van der Waals surface area contributed by atoms with Crippen molar-refractivity contribution in [1.29, 1.82) is 0 Å². The summed E-state index contributed by atoms with van der Waals surface area (Å²) in [4.78, 5) is 17.5. The van der Waals surface area contributed by atoms with Gasteiger partial charge in [-0.3, -0.25) is 4.90 Å². The number of fused-ring (bicyclic) bond motifs is 1. The van der Waals surface area contributed by atoms with E-state index in [1.165, 1.54) is 0 Å². The maximum Gasteiger partial charge on any atom is 0.356 e. The van der Waals surface area contributed by atoms with E-state index >= 15 is 0 Å². The largest absolute Gasteiger partial charge is 0.476 e. The fraction of sp³-hybridized carbons (Fsp3) is 0.636. The van der Waals surface area contributed by atoms with Gasteiger partial charge in [-0.05, 0) is 19.9 Å². The fourth-order valence-electron chi connectivity index (χ4n) is 2.28. The molecular weight excluding hydrogens is 206 g/mol. The van der Waals surface area contributed by atoms with E-state index in [-0.39, 0.29) is 5.69 Å². The first-order valence-corrected chi connectivity index (χ1v) is 5.65. The molecule has 0 saturated carbocycles. The Bertz CT molecular complexity index is 412. The zero-order chi connectivity index (χ0) is 11.7. The van der Waals surface area contributed by atoms with Gasteiger partial charge in [-0.1, -0.05) is 6.92 Å². The monoisotopic (exact) mass is 223 g/mol. The highest BCUT2D eigenvalue weighted by Crippen LogP contribution is 2.19. The molecule has 88 valence electrons. The molecular formula is C11H17N3O2. The van der Waals surface area contributed by atoms with Gasteiger partial charge in [0.2, 0.25) is 0 Å². The minimum Gasteiger partial charge on any atom is -0.476 e. The highest BCUT2D eigenvalue weighted by molar-refractivity contribution is 5.86. The van der Waals surface area contributed by atoms with Crippen LogP contribution in [0.4, 0.5) is 0 Å². The van der Waals surface area contributed by atoms with Crippen LogP contribution < -0.4 is 0 Å². The van der Waals surface area contributed by atoms with Crippen molar-refractivity contribution in [3.63, 3.8) is 0 Å². The number of carboxylic acids is 1. The van der Waals surface area contributed by atoms with Crippen LogP contribution in [0, 0.1) is 6.92 Å². The Morgan fingerprint density at radius 3 is 2.88 bits per heavy atom. The van der Waals surface area contributed by atoms with Crippen LogP contribution in [0.2, 0.25) is 0 Å². The number of rotatable bonds is 3. The van der Waals surface area contributed by atoms with E-state index in [0.29, 0.717) is 6.54 Å². The van der Waals surface area contributed by atoms with Crippen LogP contribution in [-0.2, 0) is 13.1 Å². The van der Waals surface area contributed by atoms with Gasteiger partial charge in [0.25, 0.3) is 0 Å². The number of aromatic carboxylic acids is 1. The van der Waals surface area contributed by atoms with E-state index in [0.717, 1.165) is 37.6 Å². The van der Waals surface area contributed by atoms with Gasteiger partial charge in [-0.25, -0.2) is 9.78 Å². The Hall–Kier alpha value is -1.36. The third-order valence-electron chi connectivity index (χ3n) is 3.02. The van der Waals surface area contributed by atoms with Gasteiger partial charge in [-0.2, -0.15) is 0 Å². The van der Waals surface area contributed by atoms with Crippen LogP contribution >= 0.6 is 0 Å². The van der Waals surface area contributed by atoms with Gasteiger partial charge >= 0.3 is 5.97 Å². The molecule has 0 saturated heterocycles. The van der Waals surface area contributed by atoms with E-state index in [2.05, 4.69) is 16.8 Å². The highest BCUT2D eigenvalue weighted by Gasteiger charge is 2.25. The molecule has 5 nitrogen and oxygen atoms in total. The number of carboxylic acid groups (broad SMARTS) is 1. The van der Waals surface area contributed by atoms with Gasteiger partial charge in [0, 0.05) is 19.6 Å². The summed E-state index contributed by atoms with van der Waals surface area (Å²) < 4.78 is 2.02. The lowest BCUT2D eigenvalue weighted by molar-refractivity contribution is 0.0687. The Kier molecular flexibility index (Phi) is 2.96. The van der Waals surface area contributed by atoms with Crippen molar-refractivity contribution >= 4 is 5.97 Å². The summed E-state index contributed by atoms with van der Waals surface area (Å²) in [5, 5.41) is 9.08. The second-order valence-electron chi connectivity index (χ2n) is 4.19. The molecule has 1 aromatic heterocycles. The Labute approximate surface area is 94.7 Å². The zero-order valence-corrected chi connectivity index (χ0v) is 9.73. The first kappa shape index (κ1) is 11.1. The summed E-state index contributed by atoms with van der Waals surface area (Å²) in [6.07, 6.45) is 1.09. The Morgan fingerprint density at radius 1 is 1.50 bits per heavy atom. The quantitative estimate of drug-likeness (QED) is 0.834. The minimum atomic E-state index is -0.921. The molecule has 1 N–H and O–H groups in total. The first-order chi connectivity index (χ1) is 7.63. The molecule has 1 aliphatic rings. The molecule has 0 aromatic carbocycles. The number of nitrogens with zero attached hydrogens (tertiary/aromatic N) is 3. The van der Waals surface area contributed by atoms with E-state index in [1.54, 1.807) is 0 Å². The topological polar surface area (TPSA) is 58.4 Å². The lowest BCUT2D eigenvalue weighted by Gasteiger charge is -2.28. The van der Waals surface area contributed by atoms with Crippen molar-refractivity contribution in [2.24, 2.45) is 0 Å². The Balaban J connectivity index is 2.31. The van der Waals surface area contributed by atoms with Gasteiger partial charge in [0.15, 0.2) is 5.69 Å². The molecule has 1 aliphatic heterocycles. The van der Waals surface area contributed by atoms with Crippen LogP contribution in [0.3, 0.4) is 0 Å². The second-order valence-corrected chi connectivity index (χ2v) is 4.19. The van der Waals surface area contributed by atoms with E-state index in [1.807, 2.05) is 11.5 Å². The molecule has 0 bridgehead atoms. The lowest BCUT2D eigenvalue weighted by Crippen LogP contribution is -2.35. The number of carbonyl (C=O) groups is 1. The number of hydrogen-bond donors (Lipinski definition) is 1. The summed E-state index contributed by atoms with van der Waals surface area (Å²) in [5.41, 5.74) is 1.07. The number of imidazole rings is 1. The van der Waals surface area contributed by atoms with Crippen molar-refractivity contribution in [3.8, 4) is 0 Å². The molecule has 0 spiro atoms. The van der Waals surface area contributed by atoms with Crippen LogP contribution in [0.15, 0.2) is 0 Å². The molecule has 0 amide bonds. The second kappa shape index (κ2) is 4.25. The summed E-state index contributed by atoms with van der Waals surface area (Å²) in [6, 6.07) is 0. The van der Waals surface area contributed by atoms with E-state index in [4.69, 9.17) is 5.11 Å². The Morgan fingerprint density at radius 2 is 2.25 bits per heavy atom. The predicted molar refractivity (Wildman–Crippen MR) is 59.5 cm³/mol. The maximum atomic E-state index is 11.1. The average molecular weight is 223 g/mol. The smallest absolute Gasteiger partial charge is 0.356 e. The highest BCUT2D eigenvalue weighted by atomic mass is 16.4. The summed E-state index contributed by atoms with van der Waals surface area (Å²) in [7, 11) is 0. The number of aryl methyl sites for hydroxylation is 1. The van der Waals surface area contributed by atoms with Crippen molar-refractivity contribution in [2.45, 2.75) is 33.4 Å². The summed E-state index contributed by atoms with van der Waals surface area (Å²) >= 11 is 0. The third-order valence-corrected chi connectivity index (χ3v) is 3.02. The standard InChI is InChI=1S/C11H17N3O2/c1-3-4-13-5-6-14-8(2)12-10(11(15)16)9(14)7-13/h3-7H2,1-2H3,(H,15,16). The average Bonchev–Trinajstić information content (AvgIpc) is 2.57. The fourth-order valence-corrected chi connectivity index (χ4v) is 2.28. The molecule has 0 unspecified atom stereocenters. The van der Waals surface area contributed by atoms with Crippen molar-refractivity contribution in [2.75, 3.05) is 13.1 Å². The third kappa shape index (κ3) is 1.82. The van der Waals surface area contributed by atoms with Gasteiger partial charge in [0.1, 0.15) is 5.82 Å².